The second kappa shape index (κ2) is 37.5. The Bertz CT molecular complexity index is 1020. The molecule has 0 bridgehead atoms. The van der Waals surface area contributed by atoms with E-state index in [1.807, 2.05) is 30.4 Å². The fourth-order valence-electron chi connectivity index (χ4n) is 5.05. The Morgan fingerprint density at radius 2 is 1.10 bits per heavy atom. The number of hydrogen-bond donors (Lipinski definition) is 2. The molecule has 0 aliphatic rings. The zero-order valence-corrected chi connectivity index (χ0v) is 33.0. The number of unbranched alkanes of at least 4 members (excludes halogenated alkanes) is 16. The molecule has 0 aromatic carbocycles. The maximum Gasteiger partial charge on any atom is 0.472 e. The standard InChI is InChI=1S/C41H72NO8P/c1-3-5-7-9-11-13-15-17-19-21-23-25-27-29-31-33-40(43)47-37-39(38-49-51(45,46)48-36-35-42)50-41(44)34-32-30-28-26-24-22-20-18-16-14-12-10-8-6-4-2/h6,8,10,12,14,16-20,39H,3-5,7,9,11,13,15,21-38,42H2,1-2H3,(H,45,46)/b8-6+,12-10+,16-14+,19-17+,20-18+/t39-/m1/s1. The van der Waals surface area contributed by atoms with Gasteiger partial charge < -0.3 is 20.1 Å². The third-order valence-corrected chi connectivity index (χ3v) is 8.97. The van der Waals surface area contributed by atoms with E-state index in [0.717, 1.165) is 70.6 Å². The fraction of sp³-hybridized carbons (Fsp3) is 0.707. The molecule has 10 heteroatoms. The highest BCUT2D eigenvalue weighted by atomic mass is 31.2. The highest BCUT2D eigenvalue weighted by Crippen LogP contribution is 2.43. The van der Waals surface area contributed by atoms with Gasteiger partial charge in [0.1, 0.15) is 6.61 Å². The normalized spacial score (nSPS) is 14.0. The Kier molecular flexibility index (Phi) is 35.8. The van der Waals surface area contributed by atoms with Gasteiger partial charge in [-0.25, -0.2) is 4.57 Å². The smallest absolute Gasteiger partial charge is 0.462 e. The van der Waals surface area contributed by atoms with E-state index in [2.05, 4.69) is 44.2 Å². The van der Waals surface area contributed by atoms with Crippen molar-refractivity contribution in [3.05, 3.63) is 60.8 Å². The molecular weight excluding hydrogens is 665 g/mol. The second-order valence-electron chi connectivity index (χ2n) is 12.9. The summed E-state index contributed by atoms with van der Waals surface area (Å²) < 4.78 is 32.7. The van der Waals surface area contributed by atoms with E-state index in [0.29, 0.717) is 12.8 Å². The van der Waals surface area contributed by atoms with Gasteiger partial charge in [0.2, 0.25) is 0 Å². The summed E-state index contributed by atoms with van der Waals surface area (Å²) in [6.45, 7) is 3.53. The average Bonchev–Trinajstić information content (AvgIpc) is 3.11. The molecule has 0 aromatic rings. The minimum atomic E-state index is -4.38. The second-order valence-corrected chi connectivity index (χ2v) is 14.3. The van der Waals surface area contributed by atoms with Crippen LogP contribution in [0.25, 0.3) is 0 Å². The van der Waals surface area contributed by atoms with Gasteiger partial charge in [-0.3, -0.25) is 18.6 Å². The lowest BCUT2D eigenvalue weighted by Gasteiger charge is -2.19. The lowest BCUT2D eigenvalue weighted by molar-refractivity contribution is -0.161. The molecule has 0 spiro atoms. The van der Waals surface area contributed by atoms with Gasteiger partial charge in [-0.05, 0) is 57.8 Å². The Balaban J connectivity index is 4.27. The average molecular weight is 738 g/mol. The van der Waals surface area contributed by atoms with Crippen LogP contribution in [0.3, 0.4) is 0 Å². The number of phosphoric acid groups is 1. The Hall–Kier alpha value is -2.29. The molecule has 0 rings (SSSR count). The molecule has 1 unspecified atom stereocenters. The number of phosphoric ester groups is 1. The zero-order valence-electron chi connectivity index (χ0n) is 32.1. The molecule has 294 valence electrons. The summed E-state index contributed by atoms with van der Waals surface area (Å²) in [4.78, 5) is 34.8. The highest BCUT2D eigenvalue weighted by molar-refractivity contribution is 7.47. The number of rotatable bonds is 36. The maximum absolute atomic E-state index is 12.5. The lowest BCUT2D eigenvalue weighted by Crippen LogP contribution is -2.29. The summed E-state index contributed by atoms with van der Waals surface area (Å²) in [5.74, 6) is -0.871. The van der Waals surface area contributed by atoms with Crippen LogP contribution in [0.2, 0.25) is 0 Å². The first-order valence-corrected chi connectivity index (χ1v) is 21.3. The molecule has 0 aliphatic heterocycles. The molecule has 3 N–H and O–H groups in total. The van der Waals surface area contributed by atoms with E-state index < -0.39 is 32.5 Å². The lowest BCUT2D eigenvalue weighted by atomic mass is 10.1. The molecule has 51 heavy (non-hydrogen) atoms. The summed E-state index contributed by atoms with van der Waals surface area (Å²) in [6.07, 6.45) is 42.5. The molecular formula is C41H72NO8P. The molecule has 0 aliphatic carbocycles. The van der Waals surface area contributed by atoms with Crippen LogP contribution in [-0.4, -0.2) is 49.3 Å². The number of esters is 2. The number of carbonyl (C=O) groups excluding carboxylic acids is 2. The topological polar surface area (TPSA) is 134 Å². The first-order chi connectivity index (χ1) is 24.8. The Morgan fingerprint density at radius 3 is 1.67 bits per heavy atom. The molecule has 0 heterocycles. The van der Waals surface area contributed by atoms with Gasteiger partial charge in [0.05, 0.1) is 13.2 Å². The first-order valence-electron chi connectivity index (χ1n) is 19.8. The van der Waals surface area contributed by atoms with Crippen LogP contribution >= 0.6 is 7.82 Å². The van der Waals surface area contributed by atoms with Crippen LogP contribution in [0.4, 0.5) is 0 Å². The number of nitrogens with two attached hydrogens (primary N) is 1. The van der Waals surface area contributed by atoms with Gasteiger partial charge in [0, 0.05) is 19.4 Å². The quantitative estimate of drug-likeness (QED) is 0.0212. The SMILES string of the molecule is CC/C=C/C=C/C=C/C=C/CCCCCCCC(=O)O[C@H](COC(=O)CCCCCCC/C=C/CCCCCCCC)COP(=O)(O)OCCN. The van der Waals surface area contributed by atoms with E-state index >= 15 is 0 Å². The van der Waals surface area contributed by atoms with E-state index in [1.54, 1.807) is 0 Å². The molecule has 0 saturated carbocycles. The van der Waals surface area contributed by atoms with Crippen molar-refractivity contribution in [2.75, 3.05) is 26.4 Å². The predicted molar refractivity (Wildman–Crippen MR) is 210 cm³/mol. The van der Waals surface area contributed by atoms with Crippen molar-refractivity contribution < 1.29 is 37.6 Å². The van der Waals surface area contributed by atoms with E-state index in [9.17, 15) is 19.0 Å². The zero-order chi connectivity index (χ0) is 37.5. The van der Waals surface area contributed by atoms with Gasteiger partial charge in [0.25, 0.3) is 0 Å². The van der Waals surface area contributed by atoms with Crippen molar-refractivity contribution in [3.63, 3.8) is 0 Å². The van der Waals surface area contributed by atoms with Gasteiger partial charge in [-0.2, -0.15) is 0 Å². The van der Waals surface area contributed by atoms with Crippen LogP contribution in [0.5, 0.6) is 0 Å². The van der Waals surface area contributed by atoms with Gasteiger partial charge in [-0.1, -0.05) is 145 Å². The van der Waals surface area contributed by atoms with Crippen LogP contribution in [0.1, 0.15) is 155 Å². The molecule has 0 saturated heterocycles. The Morgan fingerprint density at radius 1 is 0.608 bits per heavy atom. The summed E-state index contributed by atoms with van der Waals surface area (Å²) in [7, 11) is -4.38. The van der Waals surface area contributed by atoms with Crippen molar-refractivity contribution in [3.8, 4) is 0 Å². The third kappa shape index (κ3) is 37.3. The van der Waals surface area contributed by atoms with Crippen molar-refractivity contribution in [1.82, 2.24) is 0 Å². The first kappa shape index (κ1) is 48.7. The number of allylic oxidation sites excluding steroid dienone is 10. The third-order valence-electron chi connectivity index (χ3n) is 7.98. The van der Waals surface area contributed by atoms with E-state index in [1.165, 1.54) is 44.9 Å². The summed E-state index contributed by atoms with van der Waals surface area (Å²) >= 11 is 0. The highest BCUT2D eigenvalue weighted by Gasteiger charge is 2.25. The minimum absolute atomic E-state index is 0.0452. The summed E-state index contributed by atoms with van der Waals surface area (Å²) in [5.41, 5.74) is 5.33. The van der Waals surface area contributed by atoms with Crippen LogP contribution in [-0.2, 0) is 32.7 Å². The minimum Gasteiger partial charge on any atom is -0.462 e. The van der Waals surface area contributed by atoms with Crippen molar-refractivity contribution in [2.24, 2.45) is 5.73 Å². The van der Waals surface area contributed by atoms with E-state index in [4.69, 9.17) is 24.3 Å². The largest absolute Gasteiger partial charge is 0.472 e. The fourth-order valence-corrected chi connectivity index (χ4v) is 5.81. The van der Waals surface area contributed by atoms with Gasteiger partial charge >= 0.3 is 19.8 Å². The number of hydrogen-bond acceptors (Lipinski definition) is 8. The monoisotopic (exact) mass is 737 g/mol. The van der Waals surface area contributed by atoms with Gasteiger partial charge in [0.15, 0.2) is 6.10 Å². The van der Waals surface area contributed by atoms with E-state index in [-0.39, 0.29) is 32.6 Å². The van der Waals surface area contributed by atoms with Crippen LogP contribution < -0.4 is 5.73 Å². The molecule has 0 fully saturated rings. The molecule has 0 aromatic heterocycles. The van der Waals surface area contributed by atoms with Crippen LogP contribution in [0.15, 0.2) is 60.8 Å². The number of ether oxygens (including phenoxy) is 2. The molecule has 2 atom stereocenters. The molecule has 0 radical (unpaired) electrons. The summed E-state index contributed by atoms with van der Waals surface area (Å²) in [5, 5.41) is 0. The van der Waals surface area contributed by atoms with Crippen molar-refractivity contribution >= 4 is 19.8 Å². The predicted octanol–water partition coefficient (Wildman–Crippen LogP) is 10.9. The van der Waals surface area contributed by atoms with Crippen molar-refractivity contribution in [1.29, 1.82) is 0 Å². The molecule has 9 nitrogen and oxygen atoms in total. The molecule has 0 amide bonds. The van der Waals surface area contributed by atoms with Crippen molar-refractivity contribution in [2.45, 2.75) is 161 Å². The summed E-state index contributed by atoms with van der Waals surface area (Å²) in [6, 6.07) is 0. The van der Waals surface area contributed by atoms with Gasteiger partial charge in [-0.15, -0.1) is 0 Å². The van der Waals surface area contributed by atoms with Crippen LogP contribution in [0, 0.1) is 0 Å². The maximum atomic E-state index is 12.5. The Labute approximate surface area is 310 Å². The number of carbonyl (C=O) groups is 2.